The van der Waals surface area contributed by atoms with Crippen LogP contribution in [0.5, 0.6) is 5.75 Å². The maximum atomic E-state index is 13.6. The van der Waals surface area contributed by atoms with Crippen LogP contribution in [0.4, 0.5) is 17.6 Å². The molecule has 11 heteroatoms. The molecule has 6 nitrogen and oxygen atoms in total. The molecule has 1 N–H and O–H groups in total. The van der Waals surface area contributed by atoms with Gasteiger partial charge in [0.15, 0.2) is 17.4 Å². The number of halogens is 4. The second-order valence-electron chi connectivity index (χ2n) is 3.83. The van der Waals surface area contributed by atoms with E-state index in [9.17, 15) is 27.6 Å². The molecule has 0 heterocycles. The third-order valence-corrected chi connectivity index (χ3v) is 3.01. The van der Waals surface area contributed by atoms with E-state index < -0.39 is 39.9 Å². The van der Waals surface area contributed by atoms with Crippen molar-refractivity contribution in [3.8, 4) is 5.75 Å². The number of ether oxygens (including phenoxy) is 1. The van der Waals surface area contributed by atoms with Gasteiger partial charge in [-0.2, -0.15) is 13.1 Å². The first-order valence-corrected chi connectivity index (χ1v) is 6.48. The van der Waals surface area contributed by atoms with Crippen molar-refractivity contribution in [2.24, 2.45) is 0 Å². The van der Waals surface area contributed by atoms with E-state index in [1.807, 2.05) is 0 Å². The molecule has 0 bridgehead atoms. The summed E-state index contributed by atoms with van der Waals surface area (Å²) < 4.78 is 62.4. The monoisotopic (exact) mass is 345 g/mol. The number of aliphatic carboxylic acids is 1. The van der Waals surface area contributed by atoms with E-state index in [1.165, 1.54) is 0 Å². The van der Waals surface area contributed by atoms with E-state index in [-0.39, 0.29) is 37.9 Å². The summed E-state index contributed by atoms with van der Waals surface area (Å²) in [5.74, 6) is -9.60. The van der Waals surface area contributed by atoms with Gasteiger partial charge in [0, 0.05) is 6.42 Å². The zero-order valence-corrected chi connectivity index (χ0v) is 11.6. The maximum Gasteiger partial charge on any atom is 0.303 e. The van der Waals surface area contributed by atoms with Gasteiger partial charge >= 0.3 is 5.97 Å². The number of rotatable bonds is 9. The molecule has 0 aliphatic rings. The highest BCUT2D eigenvalue weighted by Crippen LogP contribution is 2.35. The summed E-state index contributed by atoms with van der Waals surface area (Å²) in [6.07, 6.45) is 0.0867. The lowest BCUT2D eigenvalue weighted by Crippen LogP contribution is -2.08. The molecule has 0 saturated carbocycles. The van der Waals surface area contributed by atoms with Crippen molar-refractivity contribution in [1.29, 1.82) is 0 Å². The van der Waals surface area contributed by atoms with Crippen LogP contribution in [0, 0.1) is 23.3 Å². The van der Waals surface area contributed by atoms with E-state index in [0.717, 1.165) is 0 Å². The molecule has 0 fully saturated rings. The molecule has 0 amide bonds. The summed E-state index contributed by atoms with van der Waals surface area (Å²) in [4.78, 5) is 9.00. The number of benzene rings is 1. The fourth-order valence-electron chi connectivity index (χ4n) is 1.39. The zero-order chi connectivity index (χ0) is 16.7. The Morgan fingerprint density at radius 3 is 2.18 bits per heavy atom. The van der Waals surface area contributed by atoms with Crippen molar-refractivity contribution in [2.75, 3.05) is 6.61 Å². The molecule has 1 aromatic rings. The van der Waals surface area contributed by atoms with Crippen molar-refractivity contribution >= 4 is 18.0 Å². The molecule has 0 radical (unpaired) electrons. The van der Waals surface area contributed by atoms with Crippen LogP contribution in [0.15, 0.2) is 4.90 Å². The van der Waals surface area contributed by atoms with Crippen LogP contribution >= 0.6 is 12.0 Å². The second kappa shape index (κ2) is 8.78. The maximum absolute atomic E-state index is 13.6. The molecule has 0 aromatic heterocycles. The fourth-order valence-corrected chi connectivity index (χ4v) is 1.81. The minimum atomic E-state index is -1.82. The van der Waals surface area contributed by atoms with Gasteiger partial charge in [-0.15, -0.1) is 0 Å². The molecular formula is C11H9F4O6S-. The van der Waals surface area contributed by atoms with Crippen LogP contribution in [0.25, 0.3) is 0 Å². The van der Waals surface area contributed by atoms with Crippen molar-refractivity contribution in [2.45, 2.75) is 24.2 Å². The summed E-state index contributed by atoms with van der Waals surface area (Å²) in [6.45, 7) is -0.341. The smallest absolute Gasteiger partial charge is 0.303 e. The Hall–Kier alpha value is -1.56. The minimum absolute atomic E-state index is 0.109. The Bertz CT molecular complexity index is 513. The lowest BCUT2D eigenvalue weighted by atomic mass is 10.2. The SMILES string of the molecule is O=C(O)CCCCOc1c(F)c(F)c(SOO[O-])c(F)c1F. The van der Waals surface area contributed by atoms with E-state index in [2.05, 4.69) is 14.1 Å². The lowest BCUT2D eigenvalue weighted by Gasteiger charge is -2.12. The number of carbonyl (C=O) groups is 1. The summed E-state index contributed by atoms with van der Waals surface area (Å²) >= 11 is -0.340. The third-order valence-electron chi connectivity index (χ3n) is 2.36. The summed E-state index contributed by atoms with van der Waals surface area (Å²) in [6, 6.07) is 0. The first kappa shape index (κ1) is 18.5. The number of unbranched alkanes of at least 4 members (excludes halogenated alkanes) is 1. The number of carboxylic acid groups (broad SMARTS) is 1. The van der Waals surface area contributed by atoms with Crippen molar-refractivity contribution in [1.82, 2.24) is 0 Å². The molecule has 22 heavy (non-hydrogen) atoms. The van der Waals surface area contributed by atoms with Gasteiger partial charge in [0.1, 0.15) is 4.90 Å². The highest BCUT2D eigenvalue weighted by molar-refractivity contribution is 7.94. The van der Waals surface area contributed by atoms with E-state index in [4.69, 9.17) is 5.11 Å². The Balaban J connectivity index is 2.81. The third kappa shape index (κ3) is 4.73. The van der Waals surface area contributed by atoms with Crippen LogP contribution in [0.1, 0.15) is 19.3 Å². The van der Waals surface area contributed by atoms with E-state index in [1.54, 1.807) is 0 Å². The quantitative estimate of drug-likeness (QED) is 0.183. The van der Waals surface area contributed by atoms with Crippen LogP contribution in [0.3, 0.4) is 0 Å². The van der Waals surface area contributed by atoms with Crippen LogP contribution in [-0.4, -0.2) is 17.7 Å². The summed E-state index contributed by atoms with van der Waals surface area (Å²) in [5.41, 5.74) is 0. The van der Waals surface area contributed by atoms with Gasteiger partial charge in [-0.3, -0.25) is 9.83 Å². The molecular weight excluding hydrogens is 336 g/mol. The molecule has 0 saturated heterocycles. The number of carboxylic acids is 1. The Kier molecular flexibility index (Phi) is 7.38. The van der Waals surface area contributed by atoms with Gasteiger partial charge in [0.05, 0.1) is 18.6 Å². The van der Waals surface area contributed by atoms with Crippen molar-refractivity contribution in [3.63, 3.8) is 0 Å². The van der Waals surface area contributed by atoms with Crippen molar-refractivity contribution < 1.29 is 46.8 Å². The Labute approximate surface area is 125 Å². The van der Waals surface area contributed by atoms with Gasteiger partial charge in [0.25, 0.3) is 0 Å². The topological polar surface area (TPSA) is 88.1 Å². The van der Waals surface area contributed by atoms with Crippen molar-refractivity contribution in [3.05, 3.63) is 23.3 Å². The van der Waals surface area contributed by atoms with Crippen LogP contribution in [0.2, 0.25) is 0 Å². The van der Waals surface area contributed by atoms with E-state index in [0.29, 0.717) is 0 Å². The zero-order valence-electron chi connectivity index (χ0n) is 10.7. The van der Waals surface area contributed by atoms with Gasteiger partial charge in [-0.05, 0) is 12.8 Å². The fraction of sp³-hybridized carbons (Fsp3) is 0.364. The highest BCUT2D eigenvalue weighted by Gasteiger charge is 2.27. The van der Waals surface area contributed by atoms with E-state index >= 15 is 0 Å². The first-order chi connectivity index (χ1) is 10.4. The van der Waals surface area contributed by atoms with Gasteiger partial charge in [-0.25, -0.2) is 8.78 Å². The number of hydrogen-bond acceptors (Lipinski definition) is 6. The predicted molar refractivity (Wildman–Crippen MR) is 61.3 cm³/mol. The molecule has 0 unspecified atom stereocenters. The molecule has 0 aliphatic heterocycles. The summed E-state index contributed by atoms with van der Waals surface area (Å²) in [5, 5.41) is 20.8. The summed E-state index contributed by atoms with van der Waals surface area (Å²) in [7, 11) is 0. The predicted octanol–water partition coefficient (Wildman–Crippen LogP) is 2.11. The molecule has 1 rings (SSSR count). The minimum Gasteiger partial charge on any atom is -0.691 e. The highest BCUT2D eigenvalue weighted by atomic mass is 32.2. The second-order valence-corrected chi connectivity index (χ2v) is 4.54. The molecule has 1 aromatic carbocycles. The Morgan fingerprint density at radius 2 is 1.68 bits per heavy atom. The first-order valence-electron chi connectivity index (χ1n) is 5.73. The average molecular weight is 345 g/mol. The normalized spacial score (nSPS) is 10.8. The molecule has 0 aliphatic carbocycles. The molecule has 0 spiro atoms. The lowest BCUT2D eigenvalue weighted by molar-refractivity contribution is -0.777. The molecule has 0 atom stereocenters. The van der Waals surface area contributed by atoms with Gasteiger partial charge in [-0.1, -0.05) is 0 Å². The Morgan fingerprint density at radius 1 is 1.09 bits per heavy atom. The average Bonchev–Trinajstić information content (AvgIpc) is 2.48. The standard InChI is InChI=1S/C11H10F4O6S/c12-6-8(14)11(22-21-20-18)9(15)7(13)10(6)19-4-2-1-3-5(16)17/h18H,1-4H2,(H,16,17)/p-1. The largest absolute Gasteiger partial charge is 0.691 e. The van der Waals surface area contributed by atoms with Gasteiger partial charge < -0.3 is 15.1 Å². The number of hydrogen-bond donors (Lipinski definition) is 1. The molecule has 124 valence electrons. The van der Waals surface area contributed by atoms with Crippen LogP contribution < -0.4 is 9.99 Å². The van der Waals surface area contributed by atoms with Gasteiger partial charge in [0.2, 0.25) is 11.6 Å². The van der Waals surface area contributed by atoms with Crippen LogP contribution in [-0.2, 0) is 14.2 Å².